The van der Waals surface area contributed by atoms with Gasteiger partial charge in [-0.05, 0) is 49.4 Å². The summed E-state index contributed by atoms with van der Waals surface area (Å²) in [6, 6.07) is 18.7. The zero-order valence-electron chi connectivity index (χ0n) is 13.5. The van der Waals surface area contributed by atoms with Gasteiger partial charge in [-0.25, -0.2) is 9.37 Å². The molecule has 3 nitrogen and oxygen atoms in total. The predicted octanol–water partition coefficient (Wildman–Crippen LogP) is 5.95. The third kappa shape index (κ3) is 3.03. The lowest BCUT2D eigenvalue weighted by Crippen LogP contribution is -1.97. The maximum Gasteiger partial charge on any atom is 0.143 e. The monoisotopic (exact) mass is 395 g/mol. The van der Waals surface area contributed by atoms with Crippen molar-refractivity contribution in [2.75, 3.05) is 5.32 Å². The summed E-state index contributed by atoms with van der Waals surface area (Å²) in [6.07, 6.45) is 1.91. The summed E-state index contributed by atoms with van der Waals surface area (Å²) in [7, 11) is 0. The number of fused-ring (bicyclic) bond motifs is 1. The first-order valence-corrected chi connectivity index (χ1v) is 8.67. The Morgan fingerprint density at radius 2 is 1.84 bits per heavy atom. The molecule has 4 rings (SSSR count). The maximum absolute atomic E-state index is 14.5. The quantitative estimate of drug-likeness (QED) is 0.463. The van der Waals surface area contributed by atoms with E-state index in [1.54, 1.807) is 12.1 Å². The molecule has 0 saturated carbocycles. The molecular weight excluding hydrogens is 381 g/mol. The Labute approximate surface area is 153 Å². The molecule has 0 atom stereocenters. The Morgan fingerprint density at radius 3 is 2.64 bits per heavy atom. The van der Waals surface area contributed by atoms with Crippen LogP contribution in [0.1, 0.15) is 5.56 Å². The second-order valence-corrected chi connectivity index (χ2v) is 6.77. The van der Waals surface area contributed by atoms with E-state index in [1.165, 1.54) is 11.6 Å². The molecule has 0 radical (unpaired) electrons. The van der Waals surface area contributed by atoms with E-state index < -0.39 is 0 Å². The van der Waals surface area contributed by atoms with E-state index in [4.69, 9.17) is 0 Å². The van der Waals surface area contributed by atoms with Crippen molar-refractivity contribution in [3.63, 3.8) is 0 Å². The molecule has 0 aliphatic carbocycles. The number of imidazole rings is 1. The minimum Gasteiger partial charge on any atom is -0.339 e. The number of hydrogen-bond acceptors (Lipinski definition) is 2. The van der Waals surface area contributed by atoms with E-state index in [2.05, 4.69) is 26.2 Å². The average Bonchev–Trinajstić information content (AvgIpc) is 2.97. The molecule has 0 aliphatic rings. The molecule has 0 unspecified atom stereocenters. The summed E-state index contributed by atoms with van der Waals surface area (Å²) in [5.74, 6) is 0.426. The van der Waals surface area contributed by atoms with Gasteiger partial charge >= 0.3 is 0 Å². The largest absolute Gasteiger partial charge is 0.339 e. The number of nitrogens with zero attached hydrogens (tertiary/aromatic N) is 2. The lowest BCUT2D eigenvalue weighted by atomic mass is 10.1. The molecule has 0 saturated heterocycles. The van der Waals surface area contributed by atoms with Gasteiger partial charge in [0.15, 0.2) is 0 Å². The lowest BCUT2D eigenvalue weighted by Gasteiger charge is -2.10. The van der Waals surface area contributed by atoms with Gasteiger partial charge in [0, 0.05) is 21.9 Å². The minimum atomic E-state index is -0.307. The fourth-order valence-corrected chi connectivity index (χ4v) is 3.12. The fourth-order valence-electron chi connectivity index (χ4n) is 2.76. The summed E-state index contributed by atoms with van der Waals surface area (Å²) in [5, 5.41) is 3.39. The molecule has 25 heavy (non-hydrogen) atoms. The normalized spacial score (nSPS) is 11.0. The van der Waals surface area contributed by atoms with Crippen LogP contribution in [-0.4, -0.2) is 9.38 Å². The van der Waals surface area contributed by atoms with Crippen LogP contribution in [0.3, 0.4) is 0 Å². The molecule has 4 aromatic rings. The fraction of sp³-hybridized carbons (Fsp3) is 0.0500. The Kier molecular flexibility index (Phi) is 4.01. The number of hydrogen-bond donors (Lipinski definition) is 1. The molecule has 0 amide bonds. The number of nitrogens with one attached hydrogen (secondary N) is 1. The topological polar surface area (TPSA) is 29.3 Å². The molecule has 124 valence electrons. The van der Waals surface area contributed by atoms with Crippen LogP contribution >= 0.6 is 15.9 Å². The summed E-state index contributed by atoms with van der Waals surface area (Å²) >= 11 is 3.42. The summed E-state index contributed by atoms with van der Waals surface area (Å²) < 4.78 is 17.2. The van der Waals surface area contributed by atoms with Crippen molar-refractivity contribution in [1.29, 1.82) is 0 Å². The Bertz CT molecular complexity index is 1050. The Morgan fingerprint density at radius 1 is 1.04 bits per heavy atom. The number of anilines is 2. The van der Waals surface area contributed by atoms with Crippen molar-refractivity contribution >= 4 is 33.1 Å². The van der Waals surface area contributed by atoms with Crippen LogP contribution < -0.4 is 5.32 Å². The SMILES string of the molecule is Cc1ccc(Nc2c(-c3cc(Br)ccc3F)nc3ccccn23)cc1. The molecule has 0 fully saturated rings. The van der Waals surface area contributed by atoms with E-state index in [0.717, 1.165) is 21.6 Å². The van der Waals surface area contributed by atoms with Crippen molar-refractivity contribution in [1.82, 2.24) is 9.38 Å². The summed E-state index contributed by atoms with van der Waals surface area (Å²) in [4.78, 5) is 4.64. The second-order valence-electron chi connectivity index (χ2n) is 5.85. The highest BCUT2D eigenvalue weighted by molar-refractivity contribution is 9.10. The third-order valence-corrected chi connectivity index (χ3v) is 4.52. The molecule has 2 aromatic carbocycles. The molecule has 2 aromatic heterocycles. The van der Waals surface area contributed by atoms with E-state index in [9.17, 15) is 4.39 Å². The van der Waals surface area contributed by atoms with Crippen LogP contribution in [0.15, 0.2) is 71.3 Å². The Balaban J connectivity index is 1.92. The van der Waals surface area contributed by atoms with Crippen LogP contribution in [0.4, 0.5) is 15.9 Å². The van der Waals surface area contributed by atoms with Crippen molar-refractivity contribution in [3.05, 3.63) is 82.7 Å². The van der Waals surface area contributed by atoms with Crippen LogP contribution in [0, 0.1) is 12.7 Å². The molecule has 1 N–H and O–H groups in total. The predicted molar refractivity (Wildman–Crippen MR) is 103 cm³/mol. The van der Waals surface area contributed by atoms with Gasteiger partial charge < -0.3 is 5.32 Å². The molecule has 2 heterocycles. The van der Waals surface area contributed by atoms with Crippen molar-refractivity contribution in [2.45, 2.75) is 6.92 Å². The van der Waals surface area contributed by atoms with Crippen molar-refractivity contribution in [3.8, 4) is 11.3 Å². The van der Waals surface area contributed by atoms with Gasteiger partial charge in [-0.1, -0.05) is 39.7 Å². The van der Waals surface area contributed by atoms with E-state index in [0.29, 0.717) is 11.3 Å². The molecule has 0 spiro atoms. The summed E-state index contributed by atoms with van der Waals surface area (Å²) in [5.41, 5.74) is 3.89. The number of aryl methyl sites for hydroxylation is 1. The average molecular weight is 396 g/mol. The number of aromatic nitrogens is 2. The van der Waals surface area contributed by atoms with Gasteiger partial charge in [0.2, 0.25) is 0 Å². The van der Waals surface area contributed by atoms with Crippen LogP contribution in [-0.2, 0) is 0 Å². The summed E-state index contributed by atoms with van der Waals surface area (Å²) in [6.45, 7) is 2.04. The smallest absolute Gasteiger partial charge is 0.143 e. The highest BCUT2D eigenvalue weighted by Crippen LogP contribution is 2.34. The van der Waals surface area contributed by atoms with Gasteiger partial charge in [-0.15, -0.1) is 0 Å². The molecular formula is C20H15BrFN3. The van der Waals surface area contributed by atoms with Crippen molar-refractivity contribution < 1.29 is 4.39 Å². The van der Waals surface area contributed by atoms with Gasteiger partial charge in [0.05, 0.1) is 0 Å². The zero-order chi connectivity index (χ0) is 17.4. The van der Waals surface area contributed by atoms with Crippen LogP contribution in [0.5, 0.6) is 0 Å². The number of pyridine rings is 1. The highest BCUT2D eigenvalue weighted by atomic mass is 79.9. The maximum atomic E-state index is 14.5. The number of benzene rings is 2. The van der Waals surface area contributed by atoms with E-state index >= 15 is 0 Å². The van der Waals surface area contributed by atoms with Gasteiger partial charge in [0.25, 0.3) is 0 Å². The number of halogens is 2. The van der Waals surface area contributed by atoms with Gasteiger partial charge in [-0.3, -0.25) is 4.40 Å². The number of rotatable bonds is 3. The molecule has 0 aliphatic heterocycles. The van der Waals surface area contributed by atoms with Crippen LogP contribution in [0.25, 0.3) is 16.9 Å². The first-order chi connectivity index (χ1) is 12.1. The molecule has 5 heteroatoms. The first kappa shape index (κ1) is 15.8. The third-order valence-electron chi connectivity index (χ3n) is 4.03. The highest BCUT2D eigenvalue weighted by Gasteiger charge is 2.17. The minimum absolute atomic E-state index is 0.307. The van der Waals surface area contributed by atoms with E-state index in [-0.39, 0.29) is 5.82 Å². The molecule has 0 bridgehead atoms. The van der Waals surface area contributed by atoms with Gasteiger partial charge in [-0.2, -0.15) is 0 Å². The first-order valence-electron chi connectivity index (χ1n) is 7.88. The van der Waals surface area contributed by atoms with Crippen LogP contribution in [0.2, 0.25) is 0 Å². The van der Waals surface area contributed by atoms with Gasteiger partial charge in [0.1, 0.15) is 23.0 Å². The Hall–Kier alpha value is -2.66. The standard InChI is InChI=1S/C20H15BrFN3/c1-13-5-8-15(9-6-13)23-20-19(16-12-14(21)7-10-17(16)22)24-18-4-2-3-11-25(18)20/h2-12,23H,1H3. The van der Waals surface area contributed by atoms with Crippen molar-refractivity contribution in [2.24, 2.45) is 0 Å². The second kappa shape index (κ2) is 6.33. The zero-order valence-corrected chi connectivity index (χ0v) is 15.1. The lowest BCUT2D eigenvalue weighted by molar-refractivity contribution is 0.630. The van der Waals surface area contributed by atoms with E-state index in [1.807, 2.05) is 60.0 Å².